The number of ketones is 1. The largest absolute Gasteiger partial charge is 0.497 e. The summed E-state index contributed by atoms with van der Waals surface area (Å²) in [6.45, 7) is 0.113. The lowest BCUT2D eigenvalue weighted by molar-refractivity contribution is 0.103. The molecule has 124 valence electrons. The summed E-state index contributed by atoms with van der Waals surface area (Å²) >= 11 is 0. The summed E-state index contributed by atoms with van der Waals surface area (Å²) in [5.41, 5.74) is 1.79. The first-order valence-corrected chi connectivity index (χ1v) is 7.66. The van der Waals surface area contributed by atoms with Crippen LogP contribution < -0.4 is 9.47 Å². The predicted molar refractivity (Wildman–Crippen MR) is 92.6 cm³/mol. The quantitative estimate of drug-likeness (QED) is 0.504. The lowest BCUT2D eigenvalue weighted by Gasteiger charge is -2.07. The monoisotopic (exact) mass is 324 g/mol. The van der Waals surface area contributed by atoms with Gasteiger partial charge in [-0.3, -0.25) is 4.79 Å². The van der Waals surface area contributed by atoms with Crippen molar-refractivity contribution in [2.45, 2.75) is 12.8 Å². The summed E-state index contributed by atoms with van der Waals surface area (Å²) in [7, 11) is 3.15. The molecule has 0 saturated carbocycles. The van der Waals surface area contributed by atoms with E-state index in [0.29, 0.717) is 41.0 Å². The van der Waals surface area contributed by atoms with Crippen LogP contribution in [0.1, 0.15) is 34.3 Å². The third-order valence-electron chi connectivity index (χ3n) is 3.50. The minimum Gasteiger partial charge on any atom is -0.497 e. The predicted octanol–water partition coefficient (Wildman–Crippen LogP) is 3.06. The number of rotatable bonds is 6. The van der Waals surface area contributed by atoms with Crippen molar-refractivity contribution in [2.24, 2.45) is 0 Å². The van der Waals surface area contributed by atoms with Gasteiger partial charge in [0.25, 0.3) is 0 Å². The van der Waals surface area contributed by atoms with E-state index in [4.69, 9.17) is 14.6 Å². The highest BCUT2D eigenvalue weighted by Gasteiger charge is 2.11. The Labute approximate surface area is 142 Å². The van der Waals surface area contributed by atoms with E-state index in [0.717, 1.165) is 0 Å². The average molecular weight is 324 g/mol. The fourth-order valence-corrected chi connectivity index (χ4v) is 2.18. The Morgan fingerprint density at radius 1 is 1.04 bits per heavy atom. The standard InChI is InChI=1S/C20H20O4/c1-23-18-10-7-15(8-11-18)20(22)17-9-12-19(24-2)16(14-17)6-4-3-5-13-21/h7-12,14,21H,3,5,13H2,1-2H3. The Morgan fingerprint density at radius 3 is 2.38 bits per heavy atom. The van der Waals surface area contributed by atoms with Gasteiger partial charge in [0.2, 0.25) is 0 Å². The summed E-state index contributed by atoms with van der Waals surface area (Å²) in [6.07, 6.45) is 1.22. The van der Waals surface area contributed by atoms with Gasteiger partial charge in [-0.2, -0.15) is 0 Å². The number of ether oxygens (including phenoxy) is 2. The third-order valence-corrected chi connectivity index (χ3v) is 3.50. The fourth-order valence-electron chi connectivity index (χ4n) is 2.18. The van der Waals surface area contributed by atoms with Crippen LogP contribution in [0.4, 0.5) is 0 Å². The highest BCUT2D eigenvalue weighted by molar-refractivity contribution is 6.09. The van der Waals surface area contributed by atoms with Crippen LogP contribution in [-0.2, 0) is 0 Å². The molecule has 0 heterocycles. The maximum atomic E-state index is 12.6. The Kier molecular flexibility index (Phi) is 6.41. The number of hydrogen-bond acceptors (Lipinski definition) is 4. The number of carbonyl (C=O) groups is 1. The van der Waals surface area contributed by atoms with Crippen molar-refractivity contribution in [1.29, 1.82) is 0 Å². The van der Waals surface area contributed by atoms with Crippen LogP contribution in [0, 0.1) is 11.8 Å². The van der Waals surface area contributed by atoms with E-state index in [1.807, 2.05) is 0 Å². The van der Waals surface area contributed by atoms with Gasteiger partial charge in [-0.1, -0.05) is 11.8 Å². The molecule has 0 bridgehead atoms. The van der Waals surface area contributed by atoms with E-state index in [1.54, 1.807) is 56.7 Å². The molecule has 0 saturated heterocycles. The zero-order valence-electron chi connectivity index (χ0n) is 13.8. The molecule has 4 heteroatoms. The Hall–Kier alpha value is -2.77. The summed E-state index contributed by atoms with van der Waals surface area (Å²) < 4.78 is 10.4. The molecule has 0 unspecified atom stereocenters. The van der Waals surface area contributed by atoms with Gasteiger partial charge >= 0.3 is 0 Å². The van der Waals surface area contributed by atoms with E-state index in [2.05, 4.69) is 11.8 Å². The number of carbonyl (C=O) groups excluding carboxylic acids is 1. The van der Waals surface area contributed by atoms with Crippen LogP contribution in [-0.4, -0.2) is 31.7 Å². The van der Waals surface area contributed by atoms with Crippen molar-refractivity contribution in [3.8, 4) is 23.3 Å². The van der Waals surface area contributed by atoms with Crippen molar-refractivity contribution >= 4 is 5.78 Å². The zero-order chi connectivity index (χ0) is 17.4. The maximum Gasteiger partial charge on any atom is 0.193 e. The number of aliphatic hydroxyl groups excluding tert-OH is 1. The van der Waals surface area contributed by atoms with Crippen LogP contribution in [0.25, 0.3) is 0 Å². The molecular weight excluding hydrogens is 304 g/mol. The van der Waals surface area contributed by atoms with E-state index >= 15 is 0 Å². The van der Waals surface area contributed by atoms with Crippen molar-refractivity contribution in [2.75, 3.05) is 20.8 Å². The summed E-state index contributed by atoms with van der Waals surface area (Å²) in [5, 5.41) is 8.80. The number of hydrogen-bond donors (Lipinski definition) is 1. The lowest BCUT2D eigenvalue weighted by Crippen LogP contribution is -2.02. The molecule has 2 rings (SSSR count). The summed E-state index contributed by atoms with van der Waals surface area (Å²) in [6, 6.07) is 12.2. The number of aliphatic hydroxyl groups is 1. The summed E-state index contributed by atoms with van der Waals surface area (Å²) in [4.78, 5) is 12.6. The molecule has 2 aromatic rings. The molecule has 4 nitrogen and oxygen atoms in total. The highest BCUT2D eigenvalue weighted by Crippen LogP contribution is 2.22. The summed E-state index contributed by atoms with van der Waals surface area (Å²) in [5.74, 6) is 7.23. The van der Waals surface area contributed by atoms with Gasteiger partial charge < -0.3 is 14.6 Å². The third kappa shape index (κ3) is 4.37. The first-order valence-electron chi connectivity index (χ1n) is 7.66. The van der Waals surface area contributed by atoms with Gasteiger partial charge in [-0.05, 0) is 48.9 Å². The van der Waals surface area contributed by atoms with Crippen LogP contribution in [0.5, 0.6) is 11.5 Å². The zero-order valence-corrected chi connectivity index (χ0v) is 13.8. The minimum absolute atomic E-state index is 0.0845. The SMILES string of the molecule is COc1ccc(C(=O)c2ccc(OC)c(C#CCCCO)c2)cc1. The normalized spacial score (nSPS) is 9.79. The molecule has 0 amide bonds. The van der Waals surface area contributed by atoms with Gasteiger partial charge in [-0.15, -0.1) is 0 Å². The molecule has 0 spiro atoms. The van der Waals surface area contributed by atoms with Crippen LogP contribution >= 0.6 is 0 Å². The molecule has 0 aliphatic rings. The Balaban J connectivity index is 2.28. The molecule has 0 fully saturated rings. The first kappa shape index (κ1) is 17.6. The van der Waals surface area contributed by atoms with Crippen molar-refractivity contribution in [1.82, 2.24) is 0 Å². The van der Waals surface area contributed by atoms with E-state index in [9.17, 15) is 4.79 Å². The molecule has 0 aromatic heterocycles. The van der Waals surface area contributed by atoms with Crippen molar-refractivity contribution < 1.29 is 19.4 Å². The molecule has 0 atom stereocenters. The van der Waals surface area contributed by atoms with Crippen molar-refractivity contribution in [3.05, 3.63) is 59.2 Å². The first-order chi connectivity index (χ1) is 11.7. The molecule has 0 radical (unpaired) electrons. The van der Waals surface area contributed by atoms with E-state index in [1.165, 1.54) is 0 Å². The van der Waals surface area contributed by atoms with Gasteiger partial charge in [0.1, 0.15) is 11.5 Å². The van der Waals surface area contributed by atoms with Gasteiger partial charge in [-0.25, -0.2) is 0 Å². The van der Waals surface area contributed by atoms with E-state index < -0.39 is 0 Å². The minimum atomic E-state index is -0.0845. The smallest absolute Gasteiger partial charge is 0.193 e. The molecule has 1 N–H and O–H groups in total. The van der Waals surface area contributed by atoms with Gasteiger partial charge in [0.05, 0.1) is 19.8 Å². The van der Waals surface area contributed by atoms with Gasteiger partial charge in [0.15, 0.2) is 5.78 Å². The van der Waals surface area contributed by atoms with Crippen LogP contribution in [0.2, 0.25) is 0 Å². The molecular formula is C20H20O4. The van der Waals surface area contributed by atoms with Crippen LogP contribution in [0.3, 0.4) is 0 Å². The van der Waals surface area contributed by atoms with Gasteiger partial charge in [0, 0.05) is 24.2 Å². The van der Waals surface area contributed by atoms with E-state index in [-0.39, 0.29) is 12.4 Å². The number of methoxy groups -OCH3 is 2. The molecule has 24 heavy (non-hydrogen) atoms. The number of benzene rings is 2. The maximum absolute atomic E-state index is 12.6. The molecule has 0 aliphatic carbocycles. The highest BCUT2D eigenvalue weighted by atomic mass is 16.5. The second-order valence-corrected chi connectivity index (χ2v) is 5.10. The Morgan fingerprint density at radius 2 is 1.75 bits per heavy atom. The molecule has 0 aliphatic heterocycles. The second-order valence-electron chi connectivity index (χ2n) is 5.10. The fraction of sp³-hybridized carbons (Fsp3) is 0.250. The topological polar surface area (TPSA) is 55.8 Å². The molecule has 2 aromatic carbocycles. The lowest BCUT2D eigenvalue weighted by atomic mass is 10.0. The van der Waals surface area contributed by atoms with Crippen molar-refractivity contribution in [3.63, 3.8) is 0 Å². The number of unbranched alkanes of at least 4 members (excludes halogenated alkanes) is 1. The second kappa shape index (κ2) is 8.76. The van der Waals surface area contributed by atoms with Crippen LogP contribution in [0.15, 0.2) is 42.5 Å². The Bertz CT molecular complexity index is 751. The average Bonchev–Trinajstić information content (AvgIpc) is 2.64.